The summed E-state index contributed by atoms with van der Waals surface area (Å²) in [6, 6.07) is 1.71. The van der Waals surface area contributed by atoms with E-state index in [0.717, 1.165) is 5.82 Å². The molecule has 0 spiro atoms. The van der Waals surface area contributed by atoms with E-state index < -0.39 is 0 Å². The number of ether oxygens (including phenoxy) is 1. The first-order valence-electron chi connectivity index (χ1n) is 5.32. The Morgan fingerprint density at radius 2 is 2.24 bits per heavy atom. The maximum absolute atomic E-state index is 5.03. The zero-order valence-electron chi connectivity index (χ0n) is 9.25. The van der Waals surface area contributed by atoms with Gasteiger partial charge >= 0.3 is 0 Å². The average molecular weight is 249 g/mol. The molecule has 0 saturated heterocycles. The highest BCUT2D eigenvalue weighted by Crippen LogP contribution is 2.38. The predicted molar refractivity (Wildman–Crippen MR) is 61.1 cm³/mol. The first-order valence-corrected chi connectivity index (χ1v) is 6.14. The summed E-state index contributed by atoms with van der Waals surface area (Å²) in [4.78, 5) is 12.7. The zero-order valence-corrected chi connectivity index (χ0v) is 10.1. The minimum absolute atomic E-state index is 0.542. The molecule has 1 aliphatic rings. The second kappa shape index (κ2) is 4.33. The zero-order chi connectivity index (χ0) is 11.7. The average Bonchev–Trinajstić information content (AvgIpc) is 3.11. The number of nitrogens with one attached hydrogen (secondary N) is 1. The summed E-state index contributed by atoms with van der Waals surface area (Å²) in [5.74, 6) is 2.08. The van der Waals surface area contributed by atoms with Crippen LogP contribution in [0.2, 0.25) is 0 Å². The molecule has 0 atom stereocenters. The van der Waals surface area contributed by atoms with Crippen LogP contribution >= 0.6 is 11.8 Å². The fourth-order valence-corrected chi connectivity index (χ4v) is 2.06. The molecule has 0 radical (unpaired) electrons. The van der Waals surface area contributed by atoms with Gasteiger partial charge in [0.15, 0.2) is 5.16 Å². The van der Waals surface area contributed by atoms with E-state index in [1.54, 1.807) is 19.4 Å². The quantitative estimate of drug-likeness (QED) is 0.830. The lowest BCUT2D eigenvalue weighted by Gasteiger charge is -1.98. The van der Waals surface area contributed by atoms with Crippen LogP contribution in [0.15, 0.2) is 22.6 Å². The van der Waals surface area contributed by atoms with Gasteiger partial charge in [-0.25, -0.2) is 9.97 Å². The van der Waals surface area contributed by atoms with Crippen LogP contribution < -0.4 is 4.74 Å². The number of H-pyrrole nitrogens is 1. The van der Waals surface area contributed by atoms with E-state index in [0.29, 0.717) is 22.1 Å². The Bertz CT molecular complexity index is 525. The summed E-state index contributed by atoms with van der Waals surface area (Å²) >= 11 is 1.33. The molecule has 0 unspecified atom stereocenters. The second-order valence-electron chi connectivity index (χ2n) is 3.76. The lowest BCUT2D eigenvalue weighted by atomic mass is 10.4. The number of hydrogen-bond donors (Lipinski definition) is 1. The molecule has 1 fully saturated rings. The van der Waals surface area contributed by atoms with Crippen LogP contribution in [0.4, 0.5) is 0 Å². The number of aromatic amines is 1. The van der Waals surface area contributed by atoms with Crippen molar-refractivity contribution >= 4 is 11.8 Å². The molecule has 0 amide bonds. The second-order valence-corrected chi connectivity index (χ2v) is 4.70. The first-order chi connectivity index (χ1) is 8.35. The molecule has 2 aromatic rings. The Labute approximate surface area is 102 Å². The molecule has 2 heterocycles. The Hall–Kier alpha value is -1.63. The van der Waals surface area contributed by atoms with E-state index in [1.165, 1.54) is 24.6 Å². The van der Waals surface area contributed by atoms with E-state index in [2.05, 4.69) is 25.1 Å². The monoisotopic (exact) mass is 249 g/mol. The van der Waals surface area contributed by atoms with Crippen molar-refractivity contribution in [1.82, 2.24) is 25.1 Å². The van der Waals surface area contributed by atoms with E-state index >= 15 is 0 Å². The Balaban J connectivity index is 1.75. The van der Waals surface area contributed by atoms with Gasteiger partial charge in [0, 0.05) is 18.2 Å². The summed E-state index contributed by atoms with van der Waals surface area (Å²) in [6.45, 7) is 0. The third-order valence-corrected chi connectivity index (χ3v) is 3.19. The van der Waals surface area contributed by atoms with Gasteiger partial charge in [-0.2, -0.15) is 4.98 Å². The summed E-state index contributed by atoms with van der Waals surface area (Å²) in [7, 11) is 1.58. The highest BCUT2D eigenvalue weighted by Gasteiger charge is 2.27. The van der Waals surface area contributed by atoms with E-state index in [-0.39, 0.29) is 0 Å². The fraction of sp³-hybridized carbons (Fsp3) is 0.400. The molecule has 1 aliphatic carbocycles. The number of nitrogens with zero attached hydrogens (tertiary/aromatic N) is 4. The van der Waals surface area contributed by atoms with Crippen LogP contribution in [0.25, 0.3) is 0 Å². The van der Waals surface area contributed by atoms with Crippen LogP contribution in [-0.2, 0) is 0 Å². The number of aromatic nitrogens is 5. The Morgan fingerprint density at radius 3 is 3.00 bits per heavy atom. The summed E-state index contributed by atoms with van der Waals surface area (Å²) in [6.07, 6.45) is 4.06. The van der Waals surface area contributed by atoms with E-state index in [1.807, 2.05) is 0 Å². The third kappa shape index (κ3) is 2.38. The molecule has 6 nitrogen and oxygen atoms in total. The van der Waals surface area contributed by atoms with Gasteiger partial charge in [-0.05, 0) is 24.6 Å². The predicted octanol–water partition coefficient (Wildman–Crippen LogP) is 1.63. The van der Waals surface area contributed by atoms with Crippen LogP contribution in [-0.4, -0.2) is 32.3 Å². The minimum Gasteiger partial charge on any atom is -0.481 e. The number of methoxy groups -OCH3 is 1. The van der Waals surface area contributed by atoms with Crippen LogP contribution in [0.3, 0.4) is 0 Å². The molecule has 1 N–H and O–H groups in total. The van der Waals surface area contributed by atoms with Crippen molar-refractivity contribution in [2.24, 2.45) is 0 Å². The molecule has 2 aromatic heterocycles. The molecule has 0 aromatic carbocycles. The summed E-state index contributed by atoms with van der Waals surface area (Å²) < 4.78 is 5.03. The van der Waals surface area contributed by atoms with E-state index in [9.17, 15) is 0 Å². The smallest absolute Gasteiger partial charge is 0.217 e. The number of hydrogen-bond acceptors (Lipinski definition) is 6. The molecule has 17 heavy (non-hydrogen) atoms. The van der Waals surface area contributed by atoms with E-state index in [4.69, 9.17) is 4.74 Å². The van der Waals surface area contributed by atoms with Gasteiger partial charge in [0.05, 0.1) is 7.11 Å². The minimum atomic E-state index is 0.542. The largest absolute Gasteiger partial charge is 0.481 e. The van der Waals surface area contributed by atoms with Crippen molar-refractivity contribution in [3.8, 4) is 5.88 Å². The molecular weight excluding hydrogens is 238 g/mol. The number of rotatable bonds is 4. The Morgan fingerprint density at radius 1 is 1.35 bits per heavy atom. The van der Waals surface area contributed by atoms with Gasteiger partial charge in [0.2, 0.25) is 11.0 Å². The molecular formula is C10H11N5OS. The molecule has 7 heteroatoms. The lowest BCUT2D eigenvalue weighted by Crippen LogP contribution is -1.91. The fourth-order valence-electron chi connectivity index (χ4n) is 1.41. The topological polar surface area (TPSA) is 76.6 Å². The van der Waals surface area contributed by atoms with Gasteiger partial charge in [0.1, 0.15) is 5.82 Å². The van der Waals surface area contributed by atoms with Crippen molar-refractivity contribution < 1.29 is 4.74 Å². The molecule has 0 bridgehead atoms. The normalized spacial score (nSPS) is 14.9. The van der Waals surface area contributed by atoms with Crippen molar-refractivity contribution in [2.75, 3.05) is 7.11 Å². The molecule has 0 aliphatic heterocycles. The molecule has 3 rings (SSSR count). The SMILES string of the molecule is COc1ccnc(Sc2n[nH]c(C3CC3)n2)n1. The van der Waals surface area contributed by atoms with Gasteiger partial charge in [0.25, 0.3) is 0 Å². The van der Waals surface area contributed by atoms with Gasteiger partial charge < -0.3 is 4.74 Å². The van der Waals surface area contributed by atoms with Crippen molar-refractivity contribution in [3.05, 3.63) is 18.1 Å². The van der Waals surface area contributed by atoms with Crippen LogP contribution in [0.5, 0.6) is 5.88 Å². The third-order valence-electron chi connectivity index (χ3n) is 2.45. The maximum Gasteiger partial charge on any atom is 0.217 e. The van der Waals surface area contributed by atoms with Crippen molar-refractivity contribution in [2.45, 2.75) is 29.1 Å². The highest BCUT2D eigenvalue weighted by molar-refractivity contribution is 7.99. The van der Waals surface area contributed by atoms with Crippen LogP contribution in [0.1, 0.15) is 24.6 Å². The lowest BCUT2D eigenvalue weighted by molar-refractivity contribution is 0.392. The highest BCUT2D eigenvalue weighted by atomic mass is 32.2. The summed E-state index contributed by atoms with van der Waals surface area (Å²) in [5.41, 5.74) is 0. The molecule has 1 saturated carbocycles. The molecule has 88 valence electrons. The van der Waals surface area contributed by atoms with Crippen molar-refractivity contribution in [1.29, 1.82) is 0 Å². The first kappa shape index (κ1) is 10.5. The van der Waals surface area contributed by atoms with Crippen LogP contribution in [0, 0.1) is 0 Å². The Kier molecular flexibility index (Phi) is 2.68. The standard InChI is InChI=1S/C10H11N5OS/c1-16-7-4-5-11-9(12-7)17-10-13-8(14-15-10)6-2-3-6/h4-6H,2-3H2,1H3,(H,13,14,15). The van der Waals surface area contributed by atoms with Gasteiger partial charge in [-0.1, -0.05) is 0 Å². The maximum atomic E-state index is 5.03. The summed E-state index contributed by atoms with van der Waals surface area (Å²) in [5, 5.41) is 8.32. The van der Waals surface area contributed by atoms with Gasteiger partial charge in [-0.15, -0.1) is 5.10 Å². The van der Waals surface area contributed by atoms with Gasteiger partial charge in [-0.3, -0.25) is 5.10 Å². The van der Waals surface area contributed by atoms with Crippen molar-refractivity contribution in [3.63, 3.8) is 0 Å².